The van der Waals surface area contributed by atoms with E-state index in [0.29, 0.717) is 29.6 Å². The Kier molecular flexibility index (Phi) is 7.09. The average molecular weight is 384 g/mol. The SMILES string of the molecule is CC(C#N)(NC(=O)CN(CCCO)Cc1ccc(Cl)c(Cl)c1)C1CC1. The lowest BCUT2D eigenvalue weighted by molar-refractivity contribution is -0.123. The highest BCUT2D eigenvalue weighted by Crippen LogP contribution is 2.39. The molecule has 1 saturated carbocycles. The second-order valence-corrected chi connectivity index (χ2v) is 7.49. The van der Waals surface area contributed by atoms with Crippen molar-refractivity contribution < 1.29 is 9.90 Å². The van der Waals surface area contributed by atoms with E-state index in [9.17, 15) is 10.1 Å². The van der Waals surface area contributed by atoms with Crippen molar-refractivity contribution >= 4 is 29.1 Å². The van der Waals surface area contributed by atoms with Crippen LogP contribution in [-0.4, -0.2) is 41.1 Å². The first-order valence-corrected chi connectivity index (χ1v) is 9.13. The summed E-state index contributed by atoms with van der Waals surface area (Å²) in [6.07, 6.45) is 2.51. The molecule has 0 bridgehead atoms. The van der Waals surface area contributed by atoms with E-state index in [1.54, 1.807) is 19.1 Å². The van der Waals surface area contributed by atoms with Crippen molar-refractivity contribution in [1.82, 2.24) is 10.2 Å². The van der Waals surface area contributed by atoms with E-state index in [-0.39, 0.29) is 25.0 Å². The van der Waals surface area contributed by atoms with Crippen LogP contribution in [0.5, 0.6) is 0 Å². The first kappa shape index (κ1) is 20.0. The highest BCUT2D eigenvalue weighted by Gasteiger charge is 2.43. The molecule has 2 rings (SSSR count). The van der Waals surface area contributed by atoms with Crippen LogP contribution in [0.25, 0.3) is 0 Å². The summed E-state index contributed by atoms with van der Waals surface area (Å²) in [6, 6.07) is 7.59. The Hall–Kier alpha value is -1.32. The Labute approximate surface area is 158 Å². The molecule has 1 aromatic rings. The summed E-state index contributed by atoms with van der Waals surface area (Å²) in [6.45, 7) is 3.06. The van der Waals surface area contributed by atoms with Crippen LogP contribution in [0.1, 0.15) is 31.7 Å². The van der Waals surface area contributed by atoms with Gasteiger partial charge in [0.05, 0.1) is 22.7 Å². The number of benzene rings is 1. The standard InChI is InChI=1S/C18H23Cl2N3O2/c1-18(12-21,14-4-5-14)22-17(25)11-23(7-2-8-24)10-13-3-6-15(19)16(20)9-13/h3,6,9,14,24H,2,4-5,7-8,10-11H2,1H3,(H,22,25). The number of halogens is 2. The van der Waals surface area contributed by atoms with Crippen LogP contribution in [0, 0.1) is 17.2 Å². The van der Waals surface area contributed by atoms with Crippen LogP contribution in [0.4, 0.5) is 0 Å². The maximum absolute atomic E-state index is 12.4. The molecule has 136 valence electrons. The number of nitrogens with one attached hydrogen (secondary N) is 1. The normalized spacial score (nSPS) is 16.3. The van der Waals surface area contributed by atoms with Crippen LogP contribution >= 0.6 is 23.2 Å². The molecule has 1 fully saturated rings. The van der Waals surface area contributed by atoms with Gasteiger partial charge in [-0.1, -0.05) is 29.3 Å². The van der Waals surface area contributed by atoms with Crippen LogP contribution in [0.2, 0.25) is 10.0 Å². The molecule has 1 atom stereocenters. The molecule has 7 heteroatoms. The van der Waals surface area contributed by atoms with Crippen LogP contribution in [-0.2, 0) is 11.3 Å². The zero-order chi connectivity index (χ0) is 18.4. The molecule has 0 aromatic heterocycles. The zero-order valence-corrected chi connectivity index (χ0v) is 15.8. The predicted octanol–water partition coefficient (Wildman–Crippen LogP) is 2.99. The Morgan fingerprint density at radius 3 is 2.72 bits per heavy atom. The molecule has 0 spiro atoms. The summed E-state index contributed by atoms with van der Waals surface area (Å²) < 4.78 is 0. The van der Waals surface area contributed by atoms with Gasteiger partial charge in [0.15, 0.2) is 0 Å². The van der Waals surface area contributed by atoms with Crippen molar-refractivity contribution in [2.75, 3.05) is 19.7 Å². The largest absolute Gasteiger partial charge is 0.396 e. The van der Waals surface area contributed by atoms with Gasteiger partial charge in [-0.2, -0.15) is 5.26 Å². The molecule has 0 heterocycles. The molecular weight excluding hydrogens is 361 g/mol. The third-order valence-electron chi connectivity index (χ3n) is 4.42. The monoisotopic (exact) mass is 383 g/mol. The lowest BCUT2D eigenvalue weighted by Gasteiger charge is -2.26. The Morgan fingerprint density at radius 1 is 1.44 bits per heavy atom. The fourth-order valence-electron chi connectivity index (χ4n) is 2.82. The van der Waals surface area contributed by atoms with Gasteiger partial charge in [-0.25, -0.2) is 0 Å². The van der Waals surface area contributed by atoms with E-state index in [1.807, 2.05) is 11.0 Å². The summed E-state index contributed by atoms with van der Waals surface area (Å²) >= 11 is 12.0. The number of amides is 1. The Bertz CT molecular complexity index is 658. The molecule has 1 aliphatic rings. The molecule has 25 heavy (non-hydrogen) atoms. The number of hydrogen-bond donors (Lipinski definition) is 2. The van der Waals surface area contributed by atoms with Gasteiger partial charge in [0.2, 0.25) is 5.91 Å². The van der Waals surface area contributed by atoms with Gasteiger partial charge in [-0.15, -0.1) is 0 Å². The van der Waals surface area contributed by atoms with Gasteiger partial charge in [0.1, 0.15) is 5.54 Å². The first-order valence-electron chi connectivity index (χ1n) is 8.37. The molecule has 0 saturated heterocycles. The number of aliphatic hydroxyl groups excluding tert-OH is 1. The van der Waals surface area contributed by atoms with Crippen molar-refractivity contribution in [2.24, 2.45) is 5.92 Å². The van der Waals surface area contributed by atoms with Gasteiger partial charge in [0, 0.05) is 19.7 Å². The minimum atomic E-state index is -0.802. The smallest absolute Gasteiger partial charge is 0.235 e. The number of aliphatic hydroxyl groups is 1. The zero-order valence-electron chi connectivity index (χ0n) is 14.3. The van der Waals surface area contributed by atoms with Gasteiger partial charge < -0.3 is 10.4 Å². The minimum absolute atomic E-state index is 0.0531. The maximum Gasteiger partial charge on any atom is 0.235 e. The minimum Gasteiger partial charge on any atom is -0.396 e. The number of rotatable bonds is 9. The number of hydrogen-bond acceptors (Lipinski definition) is 4. The number of nitriles is 1. The molecule has 1 aliphatic carbocycles. The summed E-state index contributed by atoms with van der Waals surface area (Å²) in [5.41, 5.74) is 0.133. The molecule has 1 amide bonds. The molecule has 1 aromatic carbocycles. The first-order chi connectivity index (χ1) is 11.9. The van der Waals surface area contributed by atoms with E-state index in [2.05, 4.69) is 11.4 Å². The van der Waals surface area contributed by atoms with E-state index in [4.69, 9.17) is 28.3 Å². The Morgan fingerprint density at radius 2 is 2.16 bits per heavy atom. The average Bonchev–Trinajstić information content (AvgIpc) is 3.41. The molecule has 5 nitrogen and oxygen atoms in total. The second-order valence-electron chi connectivity index (χ2n) is 6.67. The fourth-order valence-corrected chi connectivity index (χ4v) is 3.14. The van der Waals surface area contributed by atoms with E-state index >= 15 is 0 Å². The number of nitrogens with zero attached hydrogens (tertiary/aromatic N) is 2. The van der Waals surface area contributed by atoms with Gasteiger partial charge in [0.25, 0.3) is 0 Å². The van der Waals surface area contributed by atoms with E-state index < -0.39 is 5.54 Å². The van der Waals surface area contributed by atoms with Gasteiger partial charge in [-0.05, 0) is 49.8 Å². The topological polar surface area (TPSA) is 76.4 Å². The van der Waals surface area contributed by atoms with Crippen molar-refractivity contribution in [2.45, 2.75) is 38.3 Å². The molecular formula is C18H23Cl2N3O2. The quantitative estimate of drug-likeness (QED) is 0.686. The number of carbonyl (C=O) groups is 1. The third kappa shape index (κ3) is 5.86. The van der Waals surface area contributed by atoms with E-state index in [0.717, 1.165) is 18.4 Å². The van der Waals surface area contributed by atoms with Crippen molar-refractivity contribution in [3.63, 3.8) is 0 Å². The highest BCUT2D eigenvalue weighted by molar-refractivity contribution is 6.42. The molecule has 0 radical (unpaired) electrons. The van der Waals surface area contributed by atoms with Crippen LogP contribution in [0.3, 0.4) is 0 Å². The molecule has 0 aliphatic heterocycles. The van der Waals surface area contributed by atoms with E-state index in [1.165, 1.54) is 0 Å². The molecule has 1 unspecified atom stereocenters. The summed E-state index contributed by atoms with van der Waals surface area (Å²) in [7, 11) is 0. The highest BCUT2D eigenvalue weighted by atomic mass is 35.5. The Balaban J connectivity index is 1.99. The van der Waals surface area contributed by atoms with Gasteiger partial charge in [-0.3, -0.25) is 9.69 Å². The second kappa shape index (κ2) is 8.86. The summed E-state index contributed by atoms with van der Waals surface area (Å²) in [4.78, 5) is 14.3. The van der Waals surface area contributed by atoms with Gasteiger partial charge >= 0.3 is 0 Å². The summed E-state index contributed by atoms with van der Waals surface area (Å²) in [5.74, 6) is 0.0522. The fraction of sp³-hybridized carbons (Fsp3) is 0.556. The maximum atomic E-state index is 12.4. The number of carbonyl (C=O) groups excluding carboxylic acids is 1. The third-order valence-corrected chi connectivity index (χ3v) is 5.15. The van der Waals surface area contributed by atoms with Crippen molar-refractivity contribution in [3.05, 3.63) is 33.8 Å². The van der Waals surface area contributed by atoms with Crippen molar-refractivity contribution in [3.8, 4) is 6.07 Å². The van der Waals surface area contributed by atoms with Crippen LogP contribution in [0.15, 0.2) is 18.2 Å². The summed E-state index contributed by atoms with van der Waals surface area (Å²) in [5, 5.41) is 22.3. The van der Waals surface area contributed by atoms with Crippen LogP contribution < -0.4 is 5.32 Å². The lowest BCUT2D eigenvalue weighted by atomic mass is 9.98. The predicted molar refractivity (Wildman–Crippen MR) is 98.3 cm³/mol. The lowest BCUT2D eigenvalue weighted by Crippen LogP contribution is -2.50. The van der Waals surface area contributed by atoms with Crippen molar-refractivity contribution in [1.29, 1.82) is 5.26 Å². The molecule has 2 N–H and O–H groups in total.